The van der Waals surface area contributed by atoms with Crippen LogP contribution < -0.4 is 4.74 Å². The lowest BCUT2D eigenvalue weighted by atomic mass is 9.92. The Labute approximate surface area is 243 Å². The van der Waals surface area contributed by atoms with Crippen LogP contribution in [0.5, 0.6) is 5.75 Å². The number of nitriles is 1. The Hall–Kier alpha value is -5.29. The van der Waals surface area contributed by atoms with Crippen LogP contribution in [0.2, 0.25) is 0 Å². The minimum absolute atomic E-state index is 0.0469. The van der Waals surface area contributed by atoms with E-state index in [2.05, 4.69) is 0 Å². The Bertz CT molecular complexity index is 1750. The Morgan fingerprint density at radius 2 is 1.76 bits per heavy atom. The molecular formula is C34H29FN4O3. The quantitative estimate of drug-likeness (QED) is 0.178. The van der Waals surface area contributed by atoms with Crippen LogP contribution in [-0.4, -0.2) is 32.5 Å². The number of hydrogen-bond donors (Lipinski definition) is 0. The number of ether oxygens (including phenoxy) is 1. The number of halogens is 1. The summed E-state index contributed by atoms with van der Waals surface area (Å²) in [6.07, 6.45) is 4.08. The van der Waals surface area contributed by atoms with Crippen LogP contribution in [0, 0.1) is 17.1 Å². The zero-order valence-corrected chi connectivity index (χ0v) is 23.5. The number of carbonyl (C=O) groups is 2. The van der Waals surface area contributed by atoms with Gasteiger partial charge >= 0.3 is 0 Å². The van der Waals surface area contributed by atoms with Gasteiger partial charge < -0.3 is 4.74 Å². The monoisotopic (exact) mass is 560 g/mol. The first-order chi connectivity index (χ1) is 20.3. The molecule has 2 amide bonds. The number of para-hydroxylation sites is 1. The van der Waals surface area contributed by atoms with Crippen molar-refractivity contribution in [2.45, 2.75) is 39.8 Å². The smallest absolute Gasteiger partial charge is 0.271 e. The van der Waals surface area contributed by atoms with Crippen molar-refractivity contribution >= 4 is 17.9 Å². The van der Waals surface area contributed by atoms with Gasteiger partial charge in [0.25, 0.3) is 11.8 Å². The molecule has 5 rings (SSSR count). The van der Waals surface area contributed by atoms with E-state index in [0.29, 0.717) is 29.0 Å². The fraction of sp³-hybridized carbons (Fsp3) is 0.176. The molecule has 0 fully saturated rings. The molecule has 8 heteroatoms. The van der Waals surface area contributed by atoms with Gasteiger partial charge in [0.2, 0.25) is 0 Å². The van der Waals surface area contributed by atoms with Crippen LogP contribution in [0.4, 0.5) is 4.39 Å². The summed E-state index contributed by atoms with van der Waals surface area (Å²) < 4.78 is 21.0. The van der Waals surface area contributed by atoms with Gasteiger partial charge in [0.05, 0.1) is 5.69 Å². The fourth-order valence-corrected chi connectivity index (χ4v) is 4.75. The third kappa shape index (κ3) is 5.63. The van der Waals surface area contributed by atoms with E-state index < -0.39 is 11.8 Å². The molecule has 0 aliphatic carbocycles. The molecule has 0 spiro atoms. The van der Waals surface area contributed by atoms with Crippen LogP contribution in [0.3, 0.4) is 0 Å². The first-order valence-electron chi connectivity index (χ1n) is 13.6. The predicted octanol–water partition coefficient (Wildman–Crippen LogP) is 6.65. The van der Waals surface area contributed by atoms with E-state index in [9.17, 15) is 19.2 Å². The highest BCUT2D eigenvalue weighted by atomic mass is 19.1. The SMILES string of the molecule is CCC(C)N1C(=O)C(C#N)=C(C)/C(=C\c2cn(-c3ccccc3)nc2-c2cccc(OCc3ccc(F)cc3)c2)C1=O. The summed E-state index contributed by atoms with van der Waals surface area (Å²) in [5.74, 6) is -0.732. The number of hydrogen-bond acceptors (Lipinski definition) is 5. The number of nitrogens with zero attached hydrogens (tertiary/aromatic N) is 4. The van der Waals surface area contributed by atoms with Crippen molar-refractivity contribution in [2.75, 3.05) is 0 Å². The summed E-state index contributed by atoms with van der Waals surface area (Å²) in [7, 11) is 0. The van der Waals surface area contributed by atoms with Gasteiger partial charge in [-0.05, 0) is 73.9 Å². The van der Waals surface area contributed by atoms with Crippen molar-refractivity contribution in [3.05, 3.63) is 119 Å². The molecule has 1 atom stereocenters. The van der Waals surface area contributed by atoms with Crippen molar-refractivity contribution in [1.29, 1.82) is 5.26 Å². The zero-order valence-electron chi connectivity index (χ0n) is 23.5. The lowest BCUT2D eigenvalue weighted by Crippen LogP contribution is -2.47. The van der Waals surface area contributed by atoms with Gasteiger partial charge in [-0.15, -0.1) is 0 Å². The Kier molecular flexibility index (Phi) is 8.12. The third-order valence-electron chi connectivity index (χ3n) is 7.29. The van der Waals surface area contributed by atoms with Crippen LogP contribution in [0.15, 0.2) is 102 Å². The Morgan fingerprint density at radius 1 is 1.02 bits per heavy atom. The van der Waals surface area contributed by atoms with Gasteiger partial charge in [0, 0.05) is 28.9 Å². The third-order valence-corrected chi connectivity index (χ3v) is 7.29. The second kappa shape index (κ2) is 12.1. The summed E-state index contributed by atoms with van der Waals surface area (Å²) in [5, 5.41) is 14.7. The molecule has 3 aromatic carbocycles. The second-order valence-electron chi connectivity index (χ2n) is 10.1. The maximum Gasteiger partial charge on any atom is 0.271 e. The highest BCUT2D eigenvalue weighted by molar-refractivity contribution is 6.20. The molecule has 7 nitrogen and oxygen atoms in total. The Morgan fingerprint density at radius 3 is 2.45 bits per heavy atom. The maximum absolute atomic E-state index is 13.7. The van der Waals surface area contributed by atoms with Crippen molar-refractivity contribution in [2.24, 2.45) is 0 Å². The molecule has 2 heterocycles. The van der Waals surface area contributed by atoms with Crippen LogP contribution in [0.1, 0.15) is 38.3 Å². The molecule has 0 radical (unpaired) electrons. The van der Waals surface area contributed by atoms with Crippen LogP contribution >= 0.6 is 0 Å². The highest BCUT2D eigenvalue weighted by Crippen LogP contribution is 2.33. The number of imide groups is 1. The molecule has 0 saturated carbocycles. The van der Waals surface area contributed by atoms with E-state index in [1.165, 1.54) is 17.0 Å². The summed E-state index contributed by atoms with van der Waals surface area (Å²) in [5.41, 5.74) is 4.17. The van der Waals surface area contributed by atoms with Gasteiger partial charge in [-0.2, -0.15) is 10.4 Å². The number of aromatic nitrogens is 2. The number of benzene rings is 3. The van der Waals surface area contributed by atoms with E-state index in [-0.39, 0.29) is 29.6 Å². The van der Waals surface area contributed by atoms with Crippen molar-refractivity contribution in [3.63, 3.8) is 0 Å². The lowest BCUT2D eigenvalue weighted by Gasteiger charge is -2.31. The normalized spacial score (nSPS) is 15.2. The maximum atomic E-state index is 13.7. The minimum Gasteiger partial charge on any atom is -0.489 e. The van der Waals surface area contributed by atoms with Crippen LogP contribution in [-0.2, 0) is 16.2 Å². The Balaban J connectivity index is 1.59. The molecule has 0 N–H and O–H groups in total. The first kappa shape index (κ1) is 28.2. The largest absolute Gasteiger partial charge is 0.489 e. The molecular weight excluding hydrogens is 531 g/mol. The van der Waals surface area contributed by atoms with E-state index >= 15 is 0 Å². The number of carbonyl (C=O) groups excluding carboxylic acids is 2. The van der Waals surface area contributed by atoms with Crippen LogP contribution in [0.25, 0.3) is 23.0 Å². The van der Waals surface area contributed by atoms with Gasteiger partial charge in [-0.25, -0.2) is 9.07 Å². The summed E-state index contributed by atoms with van der Waals surface area (Å²) in [6.45, 7) is 5.56. The van der Waals surface area contributed by atoms with Crippen molar-refractivity contribution in [1.82, 2.24) is 14.7 Å². The summed E-state index contributed by atoms with van der Waals surface area (Å²) >= 11 is 0. The predicted molar refractivity (Wildman–Crippen MR) is 158 cm³/mol. The molecule has 1 aromatic heterocycles. The average Bonchev–Trinajstić information content (AvgIpc) is 3.44. The lowest BCUT2D eigenvalue weighted by molar-refractivity contribution is -0.142. The van der Waals surface area contributed by atoms with Gasteiger partial charge in [-0.1, -0.05) is 49.4 Å². The zero-order chi connectivity index (χ0) is 29.8. The molecule has 0 bridgehead atoms. The van der Waals surface area contributed by atoms with Gasteiger partial charge in [0.15, 0.2) is 0 Å². The molecule has 0 saturated heterocycles. The van der Waals surface area contributed by atoms with E-state index in [1.807, 2.05) is 73.8 Å². The minimum atomic E-state index is -0.572. The second-order valence-corrected chi connectivity index (χ2v) is 10.1. The highest BCUT2D eigenvalue weighted by Gasteiger charge is 2.37. The number of rotatable bonds is 8. The van der Waals surface area contributed by atoms with Crippen molar-refractivity contribution < 1.29 is 18.7 Å². The summed E-state index contributed by atoms with van der Waals surface area (Å²) in [6, 6.07) is 24.7. The van der Waals surface area contributed by atoms with Gasteiger partial charge in [0.1, 0.15) is 35.5 Å². The van der Waals surface area contributed by atoms with E-state index in [1.54, 1.807) is 36.7 Å². The molecule has 1 aliphatic heterocycles. The average molecular weight is 561 g/mol. The summed E-state index contributed by atoms with van der Waals surface area (Å²) in [4.78, 5) is 27.8. The molecule has 1 unspecified atom stereocenters. The van der Waals surface area contributed by atoms with Gasteiger partial charge in [-0.3, -0.25) is 14.5 Å². The van der Waals surface area contributed by atoms with Crippen molar-refractivity contribution in [3.8, 4) is 28.8 Å². The number of amides is 2. The molecule has 42 heavy (non-hydrogen) atoms. The molecule has 1 aliphatic rings. The van der Waals surface area contributed by atoms with E-state index in [4.69, 9.17) is 9.84 Å². The fourth-order valence-electron chi connectivity index (χ4n) is 4.75. The van der Waals surface area contributed by atoms with E-state index in [0.717, 1.165) is 16.8 Å². The molecule has 210 valence electrons. The first-order valence-corrected chi connectivity index (χ1v) is 13.6. The molecule has 4 aromatic rings. The topological polar surface area (TPSA) is 88.2 Å². The standard InChI is InChI=1S/C34H29FN4O3/c1-4-22(2)39-33(40)30(23(3)31(19-36)34(39)41)18-26-20-38(28-10-6-5-7-11-28)37-32(26)25-9-8-12-29(17-25)42-21-24-13-15-27(35)16-14-24/h5-18,20,22H,4,21H2,1-3H3/b30-18+.